The first kappa shape index (κ1) is 15.9. The van der Waals surface area contributed by atoms with E-state index < -0.39 is 0 Å². The van der Waals surface area contributed by atoms with Gasteiger partial charge in [0.2, 0.25) is 5.91 Å². The van der Waals surface area contributed by atoms with Gasteiger partial charge in [0.1, 0.15) is 5.82 Å². The minimum Gasteiger partial charge on any atom is -0.310 e. The molecule has 0 bridgehead atoms. The lowest BCUT2D eigenvalue weighted by molar-refractivity contribution is -0.115. The highest BCUT2D eigenvalue weighted by molar-refractivity contribution is 5.94. The van der Waals surface area contributed by atoms with Crippen LogP contribution in [0.2, 0.25) is 0 Å². The first-order chi connectivity index (χ1) is 12.7. The molecule has 26 heavy (non-hydrogen) atoms. The summed E-state index contributed by atoms with van der Waals surface area (Å²) in [5, 5.41) is 8.87. The second kappa shape index (κ2) is 6.72. The van der Waals surface area contributed by atoms with Crippen LogP contribution >= 0.6 is 0 Å². The van der Waals surface area contributed by atoms with Gasteiger partial charge in [-0.1, -0.05) is 0 Å². The van der Waals surface area contributed by atoms with Gasteiger partial charge in [0.15, 0.2) is 0 Å². The Morgan fingerprint density at radius 3 is 2.65 bits per heavy atom. The van der Waals surface area contributed by atoms with Crippen LogP contribution in [0.3, 0.4) is 0 Å². The van der Waals surface area contributed by atoms with Gasteiger partial charge < -0.3 is 5.32 Å². The molecule has 0 aliphatic carbocycles. The molecular formula is C19H16N6O. The van der Waals surface area contributed by atoms with E-state index in [0.29, 0.717) is 5.82 Å². The number of hydrogen-bond acceptors (Lipinski definition) is 5. The van der Waals surface area contributed by atoms with Gasteiger partial charge in [0.05, 0.1) is 18.3 Å². The molecule has 7 nitrogen and oxygen atoms in total. The molecule has 0 radical (unpaired) electrons. The fourth-order valence-corrected chi connectivity index (χ4v) is 2.69. The molecule has 0 saturated heterocycles. The van der Waals surface area contributed by atoms with Crippen LogP contribution in [0.25, 0.3) is 22.0 Å². The van der Waals surface area contributed by atoms with Crippen LogP contribution in [0.5, 0.6) is 0 Å². The lowest BCUT2D eigenvalue weighted by atomic mass is 10.1. The Balaban J connectivity index is 1.57. The molecule has 0 spiro atoms. The number of aryl methyl sites for hydroxylation is 1. The molecule has 0 saturated carbocycles. The van der Waals surface area contributed by atoms with Crippen LogP contribution in [0.15, 0.2) is 61.4 Å². The molecule has 1 N–H and O–H groups in total. The molecule has 0 fully saturated rings. The van der Waals surface area contributed by atoms with Gasteiger partial charge in [-0.05, 0) is 35.2 Å². The van der Waals surface area contributed by atoms with E-state index in [2.05, 4.69) is 25.4 Å². The van der Waals surface area contributed by atoms with Crippen LogP contribution < -0.4 is 5.32 Å². The molecule has 4 heterocycles. The van der Waals surface area contributed by atoms with E-state index >= 15 is 0 Å². The zero-order chi connectivity index (χ0) is 17.9. The lowest BCUT2D eigenvalue weighted by Gasteiger charge is -2.06. The fraction of sp³-hybridized carbons (Fsp3) is 0.105. The predicted molar refractivity (Wildman–Crippen MR) is 98.3 cm³/mol. The minimum absolute atomic E-state index is 0.121. The van der Waals surface area contributed by atoms with Gasteiger partial charge >= 0.3 is 0 Å². The molecule has 128 valence electrons. The summed E-state index contributed by atoms with van der Waals surface area (Å²) >= 11 is 0. The number of amides is 1. The van der Waals surface area contributed by atoms with Gasteiger partial charge in [-0.3, -0.25) is 19.4 Å². The molecule has 0 atom stereocenters. The second-order valence-corrected chi connectivity index (χ2v) is 5.97. The van der Waals surface area contributed by atoms with Crippen LogP contribution in [-0.2, 0) is 18.3 Å². The molecule has 4 rings (SSSR count). The molecule has 0 aromatic carbocycles. The number of carbonyl (C=O) groups excluding carboxylic acids is 1. The highest BCUT2D eigenvalue weighted by Gasteiger charge is 2.08. The maximum Gasteiger partial charge on any atom is 0.229 e. The van der Waals surface area contributed by atoms with Crippen molar-refractivity contribution in [3.63, 3.8) is 0 Å². The minimum atomic E-state index is -0.121. The summed E-state index contributed by atoms with van der Waals surface area (Å²) in [6.07, 6.45) is 10.8. The lowest BCUT2D eigenvalue weighted by Crippen LogP contribution is -2.15. The van der Waals surface area contributed by atoms with Crippen LogP contribution in [0.1, 0.15) is 5.56 Å². The molecule has 0 aliphatic heterocycles. The van der Waals surface area contributed by atoms with Crippen molar-refractivity contribution in [3.8, 4) is 11.3 Å². The maximum atomic E-state index is 12.2. The van der Waals surface area contributed by atoms with Crippen molar-refractivity contribution < 1.29 is 4.79 Å². The van der Waals surface area contributed by atoms with E-state index in [1.54, 1.807) is 35.7 Å². The van der Waals surface area contributed by atoms with E-state index in [4.69, 9.17) is 0 Å². The monoisotopic (exact) mass is 344 g/mol. The number of rotatable bonds is 4. The van der Waals surface area contributed by atoms with Crippen LogP contribution in [-0.4, -0.2) is 30.6 Å². The average molecular weight is 344 g/mol. The summed E-state index contributed by atoms with van der Waals surface area (Å²) in [5.74, 6) is 0.393. The third kappa shape index (κ3) is 3.41. The zero-order valence-corrected chi connectivity index (χ0v) is 14.1. The summed E-state index contributed by atoms with van der Waals surface area (Å²) in [7, 11) is 1.87. The first-order valence-corrected chi connectivity index (χ1v) is 8.11. The standard InChI is InChI=1S/C19H16N6O/c1-25-12-16(11-23-25)17-7-14-8-18(22-10-15(14)9-21-17)24-19(26)6-13-2-4-20-5-3-13/h2-5,7-12H,6H2,1H3,(H,22,24,26). The van der Waals surface area contributed by atoms with Crippen molar-refractivity contribution in [2.24, 2.45) is 7.05 Å². The molecule has 4 aromatic heterocycles. The Morgan fingerprint density at radius 1 is 1.08 bits per heavy atom. The number of carbonyl (C=O) groups is 1. The smallest absolute Gasteiger partial charge is 0.229 e. The number of nitrogens with zero attached hydrogens (tertiary/aromatic N) is 5. The third-order valence-electron chi connectivity index (χ3n) is 3.99. The largest absolute Gasteiger partial charge is 0.310 e. The van der Waals surface area contributed by atoms with E-state index in [-0.39, 0.29) is 12.3 Å². The van der Waals surface area contributed by atoms with E-state index in [1.165, 1.54) is 0 Å². The zero-order valence-electron chi connectivity index (χ0n) is 14.1. The quantitative estimate of drug-likeness (QED) is 0.615. The van der Waals surface area contributed by atoms with Crippen molar-refractivity contribution in [1.29, 1.82) is 0 Å². The fourth-order valence-electron chi connectivity index (χ4n) is 2.69. The number of anilines is 1. The van der Waals surface area contributed by atoms with E-state index in [0.717, 1.165) is 27.6 Å². The highest BCUT2D eigenvalue weighted by atomic mass is 16.1. The van der Waals surface area contributed by atoms with Crippen molar-refractivity contribution >= 4 is 22.5 Å². The van der Waals surface area contributed by atoms with Crippen LogP contribution in [0.4, 0.5) is 5.82 Å². The Hall–Kier alpha value is -3.61. The molecule has 1 amide bonds. The predicted octanol–water partition coefficient (Wildman–Crippen LogP) is 2.61. The average Bonchev–Trinajstić information content (AvgIpc) is 3.08. The summed E-state index contributed by atoms with van der Waals surface area (Å²) in [6, 6.07) is 7.45. The first-order valence-electron chi connectivity index (χ1n) is 8.11. The van der Waals surface area contributed by atoms with E-state index in [1.807, 2.05) is 37.5 Å². The Morgan fingerprint density at radius 2 is 1.88 bits per heavy atom. The molecule has 7 heteroatoms. The summed E-state index contributed by atoms with van der Waals surface area (Å²) < 4.78 is 1.73. The third-order valence-corrected chi connectivity index (χ3v) is 3.99. The van der Waals surface area contributed by atoms with Gasteiger partial charge in [0.25, 0.3) is 0 Å². The number of nitrogens with one attached hydrogen (secondary N) is 1. The van der Waals surface area contributed by atoms with Crippen molar-refractivity contribution in [2.45, 2.75) is 6.42 Å². The molecular weight excluding hydrogens is 328 g/mol. The molecule has 4 aromatic rings. The maximum absolute atomic E-state index is 12.2. The number of hydrogen-bond donors (Lipinski definition) is 1. The summed E-state index contributed by atoms with van der Waals surface area (Å²) in [6.45, 7) is 0. The van der Waals surface area contributed by atoms with E-state index in [9.17, 15) is 4.79 Å². The van der Waals surface area contributed by atoms with Gasteiger partial charge in [-0.15, -0.1) is 0 Å². The summed E-state index contributed by atoms with van der Waals surface area (Å²) in [4.78, 5) is 24.9. The molecule has 0 unspecified atom stereocenters. The SMILES string of the molecule is Cn1cc(-c2cc3cc(NC(=O)Cc4ccncc4)ncc3cn2)cn1. The number of fused-ring (bicyclic) bond motifs is 1. The van der Waals surface area contributed by atoms with Crippen molar-refractivity contribution in [1.82, 2.24) is 24.7 Å². The Labute approximate surface area is 149 Å². The number of pyridine rings is 3. The Bertz CT molecular complexity index is 1070. The summed E-state index contributed by atoms with van der Waals surface area (Å²) in [5.41, 5.74) is 2.67. The second-order valence-electron chi connectivity index (χ2n) is 5.97. The van der Waals surface area contributed by atoms with Gasteiger partial charge in [-0.2, -0.15) is 5.10 Å². The van der Waals surface area contributed by atoms with Gasteiger partial charge in [0, 0.05) is 49.0 Å². The number of aromatic nitrogens is 5. The topological polar surface area (TPSA) is 85.6 Å². The van der Waals surface area contributed by atoms with Crippen LogP contribution in [0, 0.1) is 0 Å². The van der Waals surface area contributed by atoms with Crippen molar-refractivity contribution in [2.75, 3.05) is 5.32 Å². The van der Waals surface area contributed by atoms with Gasteiger partial charge in [-0.25, -0.2) is 4.98 Å². The normalized spacial score (nSPS) is 10.8. The highest BCUT2D eigenvalue weighted by Crippen LogP contribution is 2.22. The van der Waals surface area contributed by atoms with Crippen molar-refractivity contribution in [3.05, 3.63) is 67.0 Å². The molecule has 0 aliphatic rings. The Kier molecular flexibility index (Phi) is 4.10.